The number of nitrogens with one attached hydrogen (secondary N) is 1. The average molecular weight is 423 g/mol. The zero-order valence-electron chi connectivity index (χ0n) is 15.5. The molecule has 0 aliphatic heterocycles. The van der Waals surface area contributed by atoms with Crippen LogP contribution >= 0.6 is 11.3 Å². The van der Waals surface area contributed by atoms with Crippen LogP contribution in [0.25, 0.3) is 31.7 Å². The molecule has 1 aromatic heterocycles. The molecule has 146 valence electrons. The van der Waals surface area contributed by atoms with Gasteiger partial charge < -0.3 is 5.32 Å². The second-order valence-electron chi connectivity index (χ2n) is 6.53. The second-order valence-corrected chi connectivity index (χ2v) is 9.14. The molecule has 0 aliphatic carbocycles. The highest BCUT2D eigenvalue weighted by Gasteiger charge is 2.17. The van der Waals surface area contributed by atoms with Crippen LogP contribution < -0.4 is 15.9 Å². The molecule has 3 N–H and O–H groups in total. The summed E-state index contributed by atoms with van der Waals surface area (Å²) in [6.07, 6.45) is 0. The van der Waals surface area contributed by atoms with E-state index >= 15 is 0 Å². The van der Waals surface area contributed by atoms with Crippen molar-refractivity contribution in [3.63, 3.8) is 0 Å². The third-order valence-electron chi connectivity index (χ3n) is 4.71. The van der Waals surface area contributed by atoms with Crippen LogP contribution in [0.15, 0.2) is 82.5 Å². The Kier molecular flexibility index (Phi) is 4.96. The molecular weight excluding hydrogens is 404 g/mol. The molecular formula is C22H18N2O3S2. The lowest BCUT2D eigenvalue weighted by molar-refractivity contribution is 0.598. The molecule has 0 amide bonds. The molecule has 0 saturated carbocycles. The first-order chi connectivity index (χ1) is 13.9. The summed E-state index contributed by atoms with van der Waals surface area (Å²) in [5, 5.41) is 8.95. The maximum Gasteiger partial charge on any atom is 0.238 e. The molecule has 4 aromatic rings. The van der Waals surface area contributed by atoms with E-state index in [1.807, 2.05) is 55.6 Å². The minimum Gasteiger partial charge on any atom is -0.388 e. The van der Waals surface area contributed by atoms with Crippen molar-refractivity contribution in [2.24, 2.45) is 5.14 Å². The monoisotopic (exact) mass is 422 g/mol. The highest BCUT2D eigenvalue weighted by atomic mass is 32.2. The van der Waals surface area contributed by atoms with E-state index in [9.17, 15) is 13.2 Å². The van der Waals surface area contributed by atoms with Gasteiger partial charge in [0.25, 0.3) is 0 Å². The zero-order valence-corrected chi connectivity index (χ0v) is 17.2. The highest BCUT2D eigenvalue weighted by molar-refractivity contribution is 7.89. The van der Waals surface area contributed by atoms with Gasteiger partial charge in [-0.1, -0.05) is 36.4 Å². The van der Waals surface area contributed by atoms with E-state index in [2.05, 4.69) is 5.32 Å². The van der Waals surface area contributed by atoms with Gasteiger partial charge in [0.15, 0.2) is 5.43 Å². The number of hydrogen-bond donors (Lipinski definition) is 2. The standard InChI is InChI=1S/C22H18N2O3S2/c1-24-16-10-6-14(7-11-16)20-21(25)18-4-2-3-5-19(18)28-22(20)15-8-12-17(13-9-15)29(23,26)27/h2-13,24H,1H3,(H2,23,26,27). The number of benzene rings is 3. The minimum absolute atomic E-state index is 0.0364. The summed E-state index contributed by atoms with van der Waals surface area (Å²) in [6, 6.07) is 21.4. The fourth-order valence-electron chi connectivity index (χ4n) is 3.21. The van der Waals surface area contributed by atoms with E-state index in [4.69, 9.17) is 5.14 Å². The van der Waals surface area contributed by atoms with Crippen molar-refractivity contribution in [2.75, 3.05) is 12.4 Å². The van der Waals surface area contributed by atoms with Crippen molar-refractivity contribution in [2.45, 2.75) is 4.90 Å². The van der Waals surface area contributed by atoms with Crippen molar-refractivity contribution in [3.8, 4) is 21.6 Å². The topological polar surface area (TPSA) is 89.3 Å². The quantitative estimate of drug-likeness (QED) is 0.514. The summed E-state index contributed by atoms with van der Waals surface area (Å²) in [7, 11) is -1.94. The van der Waals surface area contributed by atoms with E-state index in [0.29, 0.717) is 10.9 Å². The molecule has 0 atom stereocenters. The van der Waals surface area contributed by atoms with Crippen molar-refractivity contribution in [1.82, 2.24) is 0 Å². The van der Waals surface area contributed by atoms with E-state index in [0.717, 1.165) is 26.4 Å². The Labute approximate surface area is 172 Å². The van der Waals surface area contributed by atoms with Crippen LogP contribution in [0, 0.1) is 0 Å². The van der Waals surface area contributed by atoms with E-state index in [1.165, 1.54) is 23.5 Å². The number of anilines is 1. The zero-order chi connectivity index (χ0) is 20.6. The van der Waals surface area contributed by atoms with Crippen LogP contribution in [-0.2, 0) is 10.0 Å². The number of hydrogen-bond acceptors (Lipinski definition) is 5. The fraction of sp³-hybridized carbons (Fsp3) is 0.0455. The van der Waals surface area contributed by atoms with Gasteiger partial charge in [0.1, 0.15) is 0 Å². The highest BCUT2D eigenvalue weighted by Crippen LogP contribution is 2.37. The van der Waals surface area contributed by atoms with Gasteiger partial charge in [0.05, 0.1) is 4.90 Å². The summed E-state index contributed by atoms with van der Waals surface area (Å²) >= 11 is 1.50. The maximum atomic E-state index is 13.4. The van der Waals surface area contributed by atoms with Crippen LogP contribution in [-0.4, -0.2) is 15.5 Å². The predicted molar refractivity (Wildman–Crippen MR) is 120 cm³/mol. The lowest BCUT2D eigenvalue weighted by Gasteiger charge is -2.12. The third-order valence-corrected chi connectivity index (χ3v) is 6.85. The first kappa shape index (κ1) is 19.3. The number of sulfonamides is 1. The molecule has 7 heteroatoms. The minimum atomic E-state index is -3.78. The van der Waals surface area contributed by atoms with Gasteiger partial charge in [0.2, 0.25) is 10.0 Å². The molecule has 4 rings (SSSR count). The third kappa shape index (κ3) is 3.67. The summed E-state index contributed by atoms with van der Waals surface area (Å²) in [4.78, 5) is 14.2. The normalized spacial score (nSPS) is 11.5. The smallest absolute Gasteiger partial charge is 0.238 e. The molecule has 0 bridgehead atoms. The first-order valence-electron chi connectivity index (χ1n) is 8.86. The number of fused-ring (bicyclic) bond motifs is 1. The van der Waals surface area contributed by atoms with Gasteiger partial charge in [0, 0.05) is 33.3 Å². The molecule has 5 nitrogen and oxygen atoms in total. The van der Waals surface area contributed by atoms with Crippen LogP contribution in [0.2, 0.25) is 0 Å². The van der Waals surface area contributed by atoms with Gasteiger partial charge in [-0.25, -0.2) is 13.6 Å². The Morgan fingerprint density at radius 3 is 2.10 bits per heavy atom. The lowest BCUT2D eigenvalue weighted by Crippen LogP contribution is -2.11. The van der Waals surface area contributed by atoms with Gasteiger partial charge in [-0.2, -0.15) is 0 Å². The fourth-order valence-corrected chi connectivity index (χ4v) is 4.93. The van der Waals surface area contributed by atoms with Crippen LogP contribution in [0.1, 0.15) is 0 Å². The molecule has 0 spiro atoms. The van der Waals surface area contributed by atoms with Crippen molar-refractivity contribution in [3.05, 3.63) is 83.0 Å². The summed E-state index contributed by atoms with van der Waals surface area (Å²) in [5.41, 5.74) is 3.06. The van der Waals surface area contributed by atoms with Crippen LogP contribution in [0.3, 0.4) is 0 Å². The van der Waals surface area contributed by atoms with Crippen molar-refractivity contribution >= 4 is 37.1 Å². The summed E-state index contributed by atoms with van der Waals surface area (Å²) in [5.74, 6) is 0. The molecule has 3 aromatic carbocycles. The van der Waals surface area contributed by atoms with E-state index in [1.54, 1.807) is 12.1 Å². The molecule has 29 heavy (non-hydrogen) atoms. The summed E-state index contributed by atoms with van der Waals surface area (Å²) < 4.78 is 24.0. The SMILES string of the molecule is CNc1ccc(-c2c(-c3ccc(S(N)(=O)=O)cc3)sc3ccccc3c2=O)cc1. The Bertz CT molecular complexity index is 1360. The van der Waals surface area contributed by atoms with E-state index in [-0.39, 0.29) is 10.3 Å². The Balaban J connectivity index is 2.00. The maximum absolute atomic E-state index is 13.4. The largest absolute Gasteiger partial charge is 0.388 e. The number of primary sulfonamides is 1. The van der Waals surface area contributed by atoms with Gasteiger partial charge in [-0.05, 0) is 47.5 Å². The molecule has 0 aliphatic rings. The van der Waals surface area contributed by atoms with Gasteiger partial charge >= 0.3 is 0 Å². The number of rotatable bonds is 4. The Morgan fingerprint density at radius 1 is 0.862 bits per heavy atom. The molecule has 1 heterocycles. The van der Waals surface area contributed by atoms with Gasteiger partial charge in [-0.3, -0.25) is 4.79 Å². The average Bonchev–Trinajstić information content (AvgIpc) is 2.73. The molecule has 0 saturated heterocycles. The molecule has 0 fully saturated rings. The number of nitrogens with two attached hydrogens (primary N) is 1. The molecule has 0 radical (unpaired) electrons. The molecule has 0 unspecified atom stereocenters. The van der Waals surface area contributed by atoms with Crippen molar-refractivity contribution in [1.29, 1.82) is 0 Å². The summed E-state index contributed by atoms with van der Waals surface area (Å²) in [6.45, 7) is 0. The Hall–Kier alpha value is -3.00. The predicted octanol–water partition coefficient (Wildman–Crippen LogP) is 4.28. The first-order valence-corrected chi connectivity index (χ1v) is 11.2. The second kappa shape index (κ2) is 7.44. The van der Waals surface area contributed by atoms with E-state index < -0.39 is 10.0 Å². The van der Waals surface area contributed by atoms with Gasteiger partial charge in [-0.15, -0.1) is 11.3 Å². The van der Waals surface area contributed by atoms with Crippen LogP contribution in [0.4, 0.5) is 5.69 Å². The van der Waals surface area contributed by atoms with Crippen LogP contribution in [0.5, 0.6) is 0 Å². The van der Waals surface area contributed by atoms with Crippen molar-refractivity contribution < 1.29 is 8.42 Å². The lowest BCUT2D eigenvalue weighted by atomic mass is 10.00. The Morgan fingerprint density at radius 2 is 1.48 bits per heavy atom.